The van der Waals surface area contributed by atoms with Crippen molar-refractivity contribution in [2.24, 2.45) is 0 Å². The second-order valence-electron chi connectivity index (χ2n) is 11.1. The number of alkyl halides is 3. The summed E-state index contributed by atoms with van der Waals surface area (Å²) in [6.07, 6.45) is -4.45. The summed E-state index contributed by atoms with van der Waals surface area (Å²) in [6.45, 7) is 18.5. The number of halogens is 3. The first-order valence-corrected chi connectivity index (χ1v) is 12.4. The van der Waals surface area contributed by atoms with Crippen LogP contribution in [0.2, 0.25) is 0 Å². The summed E-state index contributed by atoms with van der Waals surface area (Å²) in [4.78, 5) is 24.9. The van der Waals surface area contributed by atoms with E-state index in [2.05, 4.69) is 5.32 Å². The van der Waals surface area contributed by atoms with E-state index in [-0.39, 0.29) is 46.6 Å². The summed E-state index contributed by atoms with van der Waals surface area (Å²) < 4.78 is 43.6. The van der Waals surface area contributed by atoms with Crippen molar-refractivity contribution in [1.29, 1.82) is 0 Å². The largest absolute Gasteiger partial charge is 2.00 e. The van der Waals surface area contributed by atoms with Gasteiger partial charge in [-0.05, 0) is 87.3 Å². The average molecular weight is 582 g/mol. The van der Waals surface area contributed by atoms with E-state index in [1.807, 2.05) is 34.6 Å². The van der Waals surface area contributed by atoms with Crippen LogP contribution in [0.3, 0.4) is 0 Å². The zero-order valence-electron chi connectivity index (χ0n) is 24.5. The number of anilines is 1. The topological polar surface area (TPSA) is 88.7 Å². The minimum Gasteiger partial charge on any atom is -0.819 e. The van der Waals surface area contributed by atoms with Crippen LogP contribution in [-0.4, -0.2) is 34.8 Å². The molecule has 0 aliphatic carbocycles. The molecule has 0 aliphatic heterocycles. The third-order valence-corrected chi connectivity index (χ3v) is 8.23. The maximum atomic E-state index is 14.5. The van der Waals surface area contributed by atoms with Gasteiger partial charge in [0.1, 0.15) is 0 Å². The second kappa shape index (κ2) is 11.6. The van der Waals surface area contributed by atoms with Gasteiger partial charge in [-0.1, -0.05) is 38.8 Å². The molecule has 0 bridgehead atoms. The Morgan fingerprint density at radius 3 is 1.67 bits per heavy atom. The molecule has 2 N–H and O–H groups in total. The van der Waals surface area contributed by atoms with E-state index in [1.165, 1.54) is 20.8 Å². The summed E-state index contributed by atoms with van der Waals surface area (Å²) in [5.74, 6) is -1.64. The van der Waals surface area contributed by atoms with Crippen LogP contribution in [0.4, 0.5) is 18.9 Å². The Bertz CT molecular complexity index is 1320. The number of nitrogens with zero attached hydrogens (tertiary/aromatic N) is 1. The predicted molar refractivity (Wildman–Crippen MR) is 146 cm³/mol. The van der Waals surface area contributed by atoms with E-state index >= 15 is 0 Å². The van der Waals surface area contributed by atoms with Gasteiger partial charge < -0.3 is 20.6 Å². The zero-order chi connectivity index (χ0) is 29.7. The first-order chi connectivity index (χ1) is 17.2. The molecule has 0 aliphatic rings. The molecular weight excluding hydrogens is 544 g/mol. The van der Waals surface area contributed by atoms with E-state index in [9.17, 15) is 33.3 Å². The molecule has 1 amide bonds. The van der Waals surface area contributed by atoms with Crippen molar-refractivity contribution in [2.75, 3.05) is 5.32 Å². The summed E-state index contributed by atoms with van der Waals surface area (Å²) in [6, 6.07) is 0. The fraction of sp³-hybridized carbons (Fsp3) is 0.500. The van der Waals surface area contributed by atoms with Gasteiger partial charge in [-0.15, -0.1) is 16.7 Å². The molecule has 1 radical (unpaired) electrons. The summed E-state index contributed by atoms with van der Waals surface area (Å²) in [5.41, 5.74) is 1.03. The molecular formula is C30H37F3N2O3V. The molecule has 2 aromatic carbocycles. The van der Waals surface area contributed by atoms with Crippen molar-refractivity contribution in [3.8, 4) is 0 Å². The molecule has 39 heavy (non-hydrogen) atoms. The van der Waals surface area contributed by atoms with Gasteiger partial charge in [0.2, 0.25) is 5.60 Å². The fourth-order valence-electron chi connectivity index (χ4n) is 5.69. The van der Waals surface area contributed by atoms with Crippen LogP contribution in [0.25, 0.3) is 5.41 Å². The normalized spacial score (nSPS) is 13.4. The summed E-state index contributed by atoms with van der Waals surface area (Å²) >= 11 is 0. The molecule has 1 atom stereocenters. The van der Waals surface area contributed by atoms with Crippen LogP contribution < -0.4 is 5.32 Å². The van der Waals surface area contributed by atoms with Crippen molar-refractivity contribution < 1.29 is 46.4 Å². The van der Waals surface area contributed by atoms with E-state index < -0.39 is 29.5 Å². The third kappa shape index (κ3) is 5.88. The molecule has 0 heterocycles. The number of hydrogen-bond acceptors (Lipinski definition) is 3. The minimum atomic E-state index is -5.29. The Hall–Kier alpha value is -2.42. The smallest absolute Gasteiger partial charge is 0.819 e. The van der Waals surface area contributed by atoms with Gasteiger partial charge in [0.05, 0.1) is 6.29 Å². The SMILES string of the molecule is CC(=[N-])c1c(C)c(NC(=O)C(O)(CC(C)(C)c2c(C)c(C)c(C)c(C)c2C)C(F)(F)F)c(C)c(C)c1[C-]=O.[V+2]. The Balaban J connectivity index is 0.00000760. The van der Waals surface area contributed by atoms with E-state index in [0.29, 0.717) is 16.7 Å². The molecule has 0 saturated heterocycles. The maximum absolute atomic E-state index is 14.5. The van der Waals surface area contributed by atoms with Crippen LogP contribution >= 0.6 is 0 Å². The van der Waals surface area contributed by atoms with Gasteiger partial charge in [-0.3, -0.25) is 4.79 Å². The number of aliphatic hydroxyl groups is 1. The van der Waals surface area contributed by atoms with E-state index in [1.54, 1.807) is 27.1 Å². The molecule has 1 unspecified atom stereocenters. The average Bonchev–Trinajstić information content (AvgIpc) is 2.79. The number of benzene rings is 2. The number of carbonyl (C=O) groups is 1. The van der Waals surface area contributed by atoms with Crippen LogP contribution in [-0.2, 0) is 33.6 Å². The van der Waals surface area contributed by atoms with E-state index in [0.717, 1.165) is 27.8 Å². The Morgan fingerprint density at radius 1 is 0.846 bits per heavy atom. The molecule has 0 aromatic heterocycles. The van der Waals surface area contributed by atoms with Crippen molar-refractivity contribution in [1.82, 2.24) is 0 Å². The van der Waals surface area contributed by atoms with Crippen molar-refractivity contribution in [3.63, 3.8) is 0 Å². The molecule has 0 saturated carbocycles. The number of hydrogen-bond donors (Lipinski definition) is 2. The number of rotatable bonds is 7. The first kappa shape index (κ1) is 34.6. The number of amides is 1. The van der Waals surface area contributed by atoms with Gasteiger partial charge in [0, 0.05) is 12.1 Å². The molecule has 0 fully saturated rings. The van der Waals surface area contributed by atoms with Gasteiger partial charge in [0.15, 0.2) is 0 Å². The van der Waals surface area contributed by atoms with Crippen LogP contribution in [0, 0.1) is 55.4 Å². The summed E-state index contributed by atoms with van der Waals surface area (Å²) in [7, 11) is 0. The van der Waals surface area contributed by atoms with Crippen molar-refractivity contribution in [2.45, 2.75) is 99.8 Å². The molecule has 2 rings (SSSR count). The van der Waals surface area contributed by atoms with Crippen molar-refractivity contribution >= 4 is 23.6 Å². The maximum Gasteiger partial charge on any atom is 2.00 e. The van der Waals surface area contributed by atoms with Crippen LogP contribution in [0.5, 0.6) is 0 Å². The van der Waals surface area contributed by atoms with Crippen LogP contribution in [0.1, 0.15) is 88.4 Å². The standard InChI is InChI=1S/C30H37F3N2O3.V/c1-14-15(2)18(5)25(19(6)16(14)3)28(10,11)13-29(38,30(31,32)33)27(37)35-26-20(7)17(4)23(12-36)24(21(26)8)22(9)34;/h38H,13H2,1-11H3,(H,35,37);/q-2;+2. The quantitative estimate of drug-likeness (QED) is 0.286. The number of carbonyl (C=O) groups excluding carboxylic acids is 2. The Kier molecular flexibility index (Phi) is 10.3. The molecule has 0 spiro atoms. The van der Waals surface area contributed by atoms with Gasteiger partial charge in [-0.25, -0.2) is 5.71 Å². The summed E-state index contributed by atoms with van der Waals surface area (Å²) in [5, 5.41) is 23.6. The third-order valence-electron chi connectivity index (χ3n) is 8.23. The van der Waals surface area contributed by atoms with Crippen LogP contribution in [0.15, 0.2) is 0 Å². The van der Waals surface area contributed by atoms with Crippen molar-refractivity contribution in [3.05, 3.63) is 66.6 Å². The molecule has 5 nitrogen and oxygen atoms in total. The Morgan fingerprint density at radius 2 is 1.28 bits per heavy atom. The second-order valence-corrected chi connectivity index (χ2v) is 11.1. The zero-order valence-corrected chi connectivity index (χ0v) is 25.9. The van der Waals surface area contributed by atoms with Gasteiger partial charge in [0.25, 0.3) is 5.91 Å². The fourth-order valence-corrected chi connectivity index (χ4v) is 5.69. The van der Waals surface area contributed by atoms with Gasteiger partial charge >= 0.3 is 24.7 Å². The van der Waals surface area contributed by atoms with Gasteiger partial charge in [-0.2, -0.15) is 13.2 Å². The molecule has 9 heteroatoms. The predicted octanol–water partition coefficient (Wildman–Crippen LogP) is 6.59. The number of nitrogens with one attached hydrogen (secondary N) is 1. The Labute approximate surface area is 241 Å². The first-order valence-electron chi connectivity index (χ1n) is 12.4. The van der Waals surface area contributed by atoms with E-state index in [4.69, 9.17) is 0 Å². The molecule has 211 valence electrons. The molecule has 2 aromatic rings. The monoisotopic (exact) mass is 581 g/mol. The minimum absolute atomic E-state index is 0.